The van der Waals surface area contributed by atoms with Gasteiger partial charge in [-0.25, -0.2) is 0 Å². The lowest BCUT2D eigenvalue weighted by Gasteiger charge is -2.48. The van der Waals surface area contributed by atoms with Gasteiger partial charge < -0.3 is 36.7 Å². The summed E-state index contributed by atoms with van der Waals surface area (Å²) in [5.74, 6) is 2.44. The number of carbonyl (C=O) groups excluding carboxylic acids is 1. The molecular weight excluding hydrogens is 494 g/mol. The maximum atomic E-state index is 13.2. The molecule has 1 amide bonds. The van der Waals surface area contributed by atoms with E-state index in [-0.39, 0.29) is 52.5 Å². The number of alkyl halides is 1. The molecule has 2 fully saturated rings. The van der Waals surface area contributed by atoms with Crippen molar-refractivity contribution in [2.24, 2.45) is 35.0 Å². The van der Waals surface area contributed by atoms with Crippen molar-refractivity contribution in [3.8, 4) is 0 Å². The normalized spacial score (nSPS) is 30.1. The minimum absolute atomic E-state index is 0. The largest absolute Gasteiger partial charge is 0.412 e. The molecular formula is C28H58ClN3O5. The number of ether oxygens (including phenoxy) is 1. The number of hydrogen-bond acceptors (Lipinski definition) is 4. The van der Waals surface area contributed by atoms with Gasteiger partial charge in [0.1, 0.15) is 0 Å². The van der Waals surface area contributed by atoms with Gasteiger partial charge >= 0.3 is 0 Å². The topological polar surface area (TPSA) is 148 Å². The maximum Gasteiger partial charge on any atom is 0.224 e. The Balaban J connectivity index is 0. The zero-order valence-corrected chi connectivity index (χ0v) is 23.9. The van der Waals surface area contributed by atoms with Crippen LogP contribution in [0.3, 0.4) is 0 Å². The molecule has 8 N–H and O–H groups in total. The predicted octanol–water partition coefficient (Wildman–Crippen LogP) is 2.47. The molecule has 9 heteroatoms. The van der Waals surface area contributed by atoms with Crippen molar-refractivity contribution >= 4 is 17.5 Å². The van der Waals surface area contributed by atoms with Crippen molar-refractivity contribution in [1.82, 2.24) is 15.5 Å². The Kier molecular flexibility index (Phi) is 18.4. The molecule has 0 aromatic carbocycles. The number of likely N-dealkylation sites (tertiary alicyclic amines) is 1. The van der Waals surface area contributed by atoms with Crippen LogP contribution in [0.4, 0.5) is 0 Å². The molecule has 3 rings (SSSR count). The first kappa shape index (κ1) is 38.4. The van der Waals surface area contributed by atoms with E-state index in [9.17, 15) is 4.79 Å². The number of nitrogens with one attached hydrogen (secondary N) is 2. The minimum atomic E-state index is 0. The third-order valence-corrected chi connectivity index (χ3v) is 8.57. The molecule has 5 unspecified atom stereocenters. The molecule has 0 bridgehead atoms. The first-order chi connectivity index (χ1) is 15.7. The van der Waals surface area contributed by atoms with Crippen molar-refractivity contribution in [3.05, 3.63) is 12.2 Å². The summed E-state index contributed by atoms with van der Waals surface area (Å²) in [6.45, 7) is 17.7. The summed E-state index contributed by atoms with van der Waals surface area (Å²) in [7, 11) is 0. The molecule has 0 radical (unpaired) electrons. The second kappa shape index (κ2) is 17.8. The zero-order chi connectivity index (χ0) is 24.0. The fourth-order valence-corrected chi connectivity index (χ4v) is 6.43. The number of carbonyl (C=O) groups is 1. The van der Waals surface area contributed by atoms with Gasteiger partial charge in [-0.15, -0.1) is 11.6 Å². The Labute approximate surface area is 231 Å². The Morgan fingerprint density at radius 3 is 2.43 bits per heavy atom. The predicted molar refractivity (Wildman–Crippen MR) is 155 cm³/mol. The van der Waals surface area contributed by atoms with E-state index in [1.807, 2.05) is 6.92 Å². The van der Waals surface area contributed by atoms with Crippen molar-refractivity contribution in [2.45, 2.75) is 79.1 Å². The van der Waals surface area contributed by atoms with Gasteiger partial charge in [-0.05, 0) is 68.2 Å². The molecule has 0 saturated carbocycles. The molecule has 1 aliphatic carbocycles. The third kappa shape index (κ3) is 11.1. The van der Waals surface area contributed by atoms with Crippen LogP contribution in [0.25, 0.3) is 0 Å². The molecule has 8 nitrogen and oxygen atoms in total. The number of amides is 1. The Morgan fingerprint density at radius 2 is 1.86 bits per heavy atom. The van der Waals surface area contributed by atoms with Crippen molar-refractivity contribution < 1.29 is 26.0 Å². The molecule has 2 saturated heterocycles. The minimum Gasteiger partial charge on any atom is -0.412 e. The van der Waals surface area contributed by atoms with Gasteiger partial charge in [0.25, 0.3) is 0 Å². The van der Waals surface area contributed by atoms with Crippen LogP contribution >= 0.6 is 11.6 Å². The average molecular weight is 552 g/mol. The van der Waals surface area contributed by atoms with Crippen LogP contribution in [0.15, 0.2) is 12.2 Å². The van der Waals surface area contributed by atoms with Crippen LogP contribution in [0.5, 0.6) is 0 Å². The van der Waals surface area contributed by atoms with Crippen molar-refractivity contribution in [3.63, 3.8) is 0 Å². The lowest BCUT2D eigenvalue weighted by molar-refractivity contribution is -0.127. The van der Waals surface area contributed by atoms with Crippen LogP contribution in [0, 0.1) is 35.0 Å². The molecule has 2 aliphatic heterocycles. The summed E-state index contributed by atoms with van der Waals surface area (Å²) in [5.41, 5.74) is 0.262. The van der Waals surface area contributed by atoms with E-state index >= 15 is 0 Å². The van der Waals surface area contributed by atoms with Gasteiger partial charge in [0.15, 0.2) is 0 Å². The summed E-state index contributed by atoms with van der Waals surface area (Å²) >= 11 is 6.29. The standard InChI is InChI=1S/C27H48ClN3O2.CH4.3H2O/c1-6-33-17-20-13-22(15-29-14-20)26(32)30-25(19(2)3)16-31-12-11-24(27(4,5)18-31)21-7-9-23(28)10-8-21;;;;/h7,9,19-25,29H,6,8,10-18H2,1-5H3,(H,30,32);1H4;3*1H2/t20?,21?,22?,23?,24?,25-;;;;/m0..../s1. The van der Waals surface area contributed by atoms with Crippen LogP contribution in [0.1, 0.15) is 67.7 Å². The third-order valence-electron chi connectivity index (χ3n) is 8.21. The lowest BCUT2D eigenvalue weighted by atomic mass is 9.65. The fraction of sp³-hybridized carbons (Fsp3) is 0.893. The molecule has 0 spiro atoms. The molecule has 3 aliphatic rings. The van der Waals surface area contributed by atoms with Gasteiger partial charge in [0, 0.05) is 38.8 Å². The number of halogens is 1. The van der Waals surface area contributed by atoms with Gasteiger partial charge in [-0.2, -0.15) is 0 Å². The summed E-state index contributed by atoms with van der Waals surface area (Å²) in [4.78, 5) is 15.8. The lowest BCUT2D eigenvalue weighted by Crippen LogP contribution is -2.55. The van der Waals surface area contributed by atoms with Crippen molar-refractivity contribution in [2.75, 3.05) is 45.9 Å². The quantitative estimate of drug-likeness (QED) is 0.334. The van der Waals surface area contributed by atoms with Crippen LogP contribution < -0.4 is 10.6 Å². The maximum absolute atomic E-state index is 13.2. The average Bonchev–Trinajstić information content (AvgIpc) is 2.77. The first-order valence-corrected chi connectivity index (χ1v) is 13.8. The highest BCUT2D eigenvalue weighted by Gasteiger charge is 2.40. The van der Waals surface area contributed by atoms with Gasteiger partial charge in [-0.3, -0.25) is 4.79 Å². The number of piperidine rings is 2. The summed E-state index contributed by atoms with van der Waals surface area (Å²) in [6.07, 6.45) is 9.05. The van der Waals surface area contributed by atoms with Crippen LogP contribution in [0.2, 0.25) is 0 Å². The molecule has 2 heterocycles. The van der Waals surface area contributed by atoms with E-state index in [0.29, 0.717) is 23.7 Å². The summed E-state index contributed by atoms with van der Waals surface area (Å²) < 4.78 is 5.61. The Bertz CT molecular complexity index is 664. The Hall–Kier alpha value is -0.740. The van der Waals surface area contributed by atoms with E-state index in [1.54, 1.807) is 0 Å². The number of allylic oxidation sites excluding steroid dienone is 2. The van der Waals surface area contributed by atoms with Gasteiger partial charge in [0.2, 0.25) is 5.91 Å². The number of nitrogens with zero attached hydrogens (tertiary/aromatic N) is 1. The zero-order valence-electron chi connectivity index (χ0n) is 23.1. The van der Waals surface area contributed by atoms with Gasteiger partial charge in [0.05, 0.1) is 17.9 Å². The summed E-state index contributed by atoms with van der Waals surface area (Å²) in [5, 5.41) is 7.09. The highest BCUT2D eigenvalue weighted by Crippen LogP contribution is 2.43. The Morgan fingerprint density at radius 1 is 1.16 bits per heavy atom. The van der Waals surface area contributed by atoms with Crippen LogP contribution in [-0.2, 0) is 9.53 Å². The monoisotopic (exact) mass is 551 g/mol. The molecule has 37 heavy (non-hydrogen) atoms. The first-order valence-electron chi connectivity index (χ1n) is 13.3. The fourth-order valence-electron chi connectivity index (χ4n) is 6.22. The SMILES string of the molecule is C.CCOCC1CNCC(C(=O)N[C@@H](CN2CCC(C3C=CC(Cl)CC3)C(C)(C)C2)C(C)C)C1.O.O.O. The van der Waals surface area contributed by atoms with E-state index in [2.05, 4.69) is 55.4 Å². The highest BCUT2D eigenvalue weighted by atomic mass is 35.5. The highest BCUT2D eigenvalue weighted by molar-refractivity contribution is 6.21. The van der Waals surface area contributed by atoms with E-state index in [1.165, 1.54) is 12.8 Å². The molecule has 222 valence electrons. The second-order valence-corrected chi connectivity index (χ2v) is 12.3. The number of hydrogen-bond donors (Lipinski definition) is 2. The van der Waals surface area contributed by atoms with Crippen LogP contribution in [-0.4, -0.2) is 84.6 Å². The summed E-state index contributed by atoms with van der Waals surface area (Å²) in [6, 6.07) is 0.184. The molecule has 0 aromatic rings. The van der Waals surface area contributed by atoms with Crippen molar-refractivity contribution in [1.29, 1.82) is 0 Å². The van der Waals surface area contributed by atoms with E-state index < -0.39 is 0 Å². The molecule has 0 aromatic heterocycles. The van der Waals surface area contributed by atoms with Gasteiger partial charge in [-0.1, -0.05) is 47.3 Å². The smallest absolute Gasteiger partial charge is 0.224 e. The molecule has 6 atom stereocenters. The second-order valence-electron chi connectivity index (χ2n) is 11.7. The number of rotatable bonds is 9. The van der Waals surface area contributed by atoms with E-state index in [4.69, 9.17) is 16.3 Å². The van der Waals surface area contributed by atoms with E-state index in [0.717, 1.165) is 58.8 Å².